The highest BCUT2D eigenvalue weighted by molar-refractivity contribution is 9.10. The molecule has 1 aromatic carbocycles. The number of hydrogen-bond acceptors (Lipinski definition) is 5. The highest BCUT2D eigenvalue weighted by Gasteiger charge is 2.29. The van der Waals surface area contributed by atoms with Crippen molar-refractivity contribution in [2.75, 3.05) is 24.7 Å². The fraction of sp³-hybridized carbons (Fsp3) is 0.562. The predicted octanol–water partition coefficient (Wildman–Crippen LogP) is 2.09. The molecule has 0 spiro atoms. The SMILES string of the molecule is CCOc1cc(Br)c(CC(=O)N[C@@H]2CCS(=O)(=O)C2)cc1OCC. The van der Waals surface area contributed by atoms with Crippen molar-refractivity contribution in [1.29, 1.82) is 0 Å². The van der Waals surface area contributed by atoms with Crippen molar-refractivity contribution in [2.24, 2.45) is 0 Å². The van der Waals surface area contributed by atoms with Crippen LogP contribution in [0, 0.1) is 0 Å². The van der Waals surface area contributed by atoms with Crippen molar-refractivity contribution < 1.29 is 22.7 Å². The van der Waals surface area contributed by atoms with Crippen LogP contribution in [0.15, 0.2) is 16.6 Å². The Morgan fingerprint density at radius 2 is 1.88 bits per heavy atom. The fourth-order valence-electron chi connectivity index (χ4n) is 2.61. The summed E-state index contributed by atoms with van der Waals surface area (Å²) in [6.07, 6.45) is 0.617. The highest BCUT2D eigenvalue weighted by Crippen LogP contribution is 2.34. The minimum atomic E-state index is -3.01. The van der Waals surface area contributed by atoms with Gasteiger partial charge >= 0.3 is 0 Å². The normalized spacial score (nSPS) is 19.0. The maximum absolute atomic E-state index is 12.2. The molecular formula is C16H22BrNO5S. The summed E-state index contributed by atoms with van der Waals surface area (Å²) < 4.78 is 34.8. The Morgan fingerprint density at radius 3 is 2.42 bits per heavy atom. The Morgan fingerprint density at radius 1 is 1.25 bits per heavy atom. The van der Waals surface area contributed by atoms with Gasteiger partial charge in [-0.3, -0.25) is 4.79 Å². The van der Waals surface area contributed by atoms with Crippen molar-refractivity contribution in [1.82, 2.24) is 5.32 Å². The third-order valence-electron chi connectivity index (χ3n) is 3.66. The van der Waals surface area contributed by atoms with E-state index in [1.54, 1.807) is 12.1 Å². The van der Waals surface area contributed by atoms with Crippen LogP contribution in [-0.4, -0.2) is 45.1 Å². The molecule has 8 heteroatoms. The Bertz CT molecular complexity index is 705. The van der Waals surface area contributed by atoms with Crippen LogP contribution in [0.5, 0.6) is 11.5 Å². The van der Waals surface area contributed by atoms with E-state index in [0.29, 0.717) is 31.1 Å². The van der Waals surface area contributed by atoms with E-state index in [-0.39, 0.29) is 29.9 Å². The molecule has 2 rings (SSSR count). The summed E-state index contributed by atoms with van der Waals surface area (Å²) in [5, 5.41) is 2.79. The first-order chi connectivity index (χ1) is 11.3. The van der Waals surface area contributed by atoms with Crippen molar-refractivity contribution in [3.63, 3.8) is 0 Å². The van der Waals surface area contributed by atoms with Gasteiger partial charge in [0.1, 0.15) is 0 Å². The second-order valence-corrected chi connectivity index (χ2v) is 8.68. The number of sulfone groups is 1. The van der Waals surface area contributed by atoms with Crippen molar-refractivity contribution >= 4 is 31.7 Å². The molecule has 1 N–H and O–H groups in total. The Hall–Kier alpha value is -1.28. The lowest BCUT2D eigenvalue weighted by Gasteiger charge is -2.15. The first-order valence-electron chi connectivity index (χ1n) is 7.92. The van der Waals surface area contributed by atoms with E-state index in [2.05, 4.69) is 21.2 Å². The fourth-order valence-corrected chi connectivity index (χ4v) is 4.75. The molecule has 1 aliphatic rings. The van der Waals surface area contributed by atoms with Gasteiger partial charge in [-0.15, -0.1) is 0 Å². The molecule has 1 saturated heterocycles. The van der Waals surface area contributed by atoms with Gasteiger partial charge in [-0.1, -0.05) is 15.9 Å². The number of nitrogens with one attached hydrogen (secondary N) is 1. The molecular weight excluding hydrogens is 398 g/mol. The van der Waals surface area contributed by atoms with Crippen molar-refractivity contribution in [2.45, 2.75) is 32.7 Å². The highest BCUT2D eigenvalue weighted by atomic mass is 79.9. The van der Waals surface area contributed by atoms with Gasteiger partial charge in [0.2, 0.25) is 5.91 Å². The predicted molar refractivity (Wildman–Crippen MR) is 95.4 cm³/mol. The number of benzene rings is 1. The van der Waals surface area contributed by atoms with Gasteiger partial charge < -0.3 is 14.8 Å². The summed E-state index contributed by atoms with van der Waals surface area (Å²) in [5.74, 6) is 1.17. The first-order valence-corrected chi connectivity index (χ1v) is 10.5. The molecule has 1 aromatic rings. The number of rotatable bonds is 7. The lowest BCUT2D eigenvalue weighted by molar-refractivity contribution is -0.121. The van der Waals surface area contributed by atoms with Gasteiger partial charge in [0.25, 0.3) is 0 Å². The van der Waals surface area contributed by atoms with E-state index in [1.165, 1.54) is 0 Å². The topological polar surface area (TPSA) is 81.7 Å². The van der Waals surface area contributed by atoms with E-state index < -0.39 is 9.84 Å². The van der Waals surface area contributed by atoms with Crippen LogP contribution in [-0.2, 0) is 21.1 Å². The second-order valence-electron chi connectivity index (χ2n) is 5.60. The Balaban J connectivity index is 2.08. The Labute approximate surface area is 151 Å². The molecule has 0 unspecified atom stereocenters. The third kappa shape index (κ3) is 5.11. The summed E-state index contributed by atoms with van der Waals surface area (Å²) in [4.78, 5) is 12.2. The first kappa shape index (κ1) is 19.1. The molecule has 0 bridgehead atoms. The largest absolute Gasteiger partial charge is 0.490 e. The molecule has 1 heterocycles. The van der Waals surface area contributed by atoms with Crippen LogP contribution in [0.3, 0.4) is 0 Å². The van der Waals surface area contributed by atoms with E-state index >= 15 is 0 Å². The van der Waals surface area contributed by atoms with Crippen LogP contribution in [0.25, 0.3) is 0 Å². The van der Waals surface area contributed by atoms with E-state index in [9.17, 15) is 13.2 Å². The number of ether oxygens (including phenoxy) is 2. The zero-order valence-corrected chi connectivity index (χ0v) is 16.2. The van der Waals surface area contributed by atoms with Crippen LogP contribution >= 0.6 is 15.9 Å². The second kappa shape index (κ2) is 8.20. The number of halogens is 1. The Kier molecular flexibility index (Phi) is 6.51. The number of amides is 1. The summed E-state index contributed by atoms with van der Waals surface area (Å²) in [5.41, 5.74) is 0.764. The van der Waals surface area contributed by atoms with Crippen LogP contribution in [0.2, 0.25) is 0 Å². The van der Waals surface area contributed by atoms with Crippen LogP contribution < -0.4 is 14.8 Å². The summed E-state index contributed by atoms with van der Waals surface area (Å²) in [6.45, 7) is 4.78. The van der Waals surface area contributed by atoms with Crippen LogP contribution in [0.1, 0.15) is 25.8 Å². The summed E-state index contributed by atoms with van der Waals surface area (Å²) in [7, 11) is -3.01. The van der Waals surface area contributed by atoms with E-state index in [1.807, 2.05) is 13.8 Å². The van der Waals surface area contributed by atoms with Crippen molar-refractivity contribution in [3.8, 4) is 11.5 Å². The molecule has 134 valence electrons. The van der Waals surface area contributed by atoms with Crippen molar-refractivity contribution in [3.05, 3.63) is 22.2 Å². The minimum Gasteiger partial charge on any atom is -0.490 e. The quantitative estimate of drug-likeness (QED) is 0.731. The molecule has 1 atom stereocenters. The average molecular weight is 420 g/mol. The lowest BCUT2D eigenvalue weighted by Crippen LogP contribution is -2.36. The molecule has 0 saturated carbocycles. The van der Waals surface area contributed by atoms with Gasteiger partial charge in [0, 0.05) is 10.5 Å². The average Bonchev–Trinajstić information content (AvgIpc) is 2.83. The molecule has 0 radical (unpaired) electrons. The standard InChI is InChI=1S/C16H22BrNO5S/c1-3-22-14-7-11(13(17)9-15(14)23-4-2)8-16(19)18-12-5-6-24(20,21)10-12/h7,9,12H,3-6,8,10H2,1-2H3,(H,18,19)/t12-/m1/s1. The third-order valence-corrected chi connectivity index (χ3v) is 6.17. The maximum atomic E-state index is 12.2. The zero-order chi connectivity index (χ0) is 17.7. The summed E-state index contributed by atoms with van der Waals surface area (Å²) in [6, 6.07) is 3.27. The monoisotopic (exact) mass is 419 g/mol. The molecule has 6 nitrogen and oxygen atoms in total. The number of hydrogen-bond donors (Lipinski definition) is 1. The molecule has 1 aliphatic heterocycles. The minimum absolute atomic E-state index is 0.0212. The van der Waals surface area contributed by atoms with Gasteiger partial charge in [-0.05, 0) is 38.0 Å². The molecule has 1 amide bonds. The van der Waals surface area contributed by atoms with E-state index in [0.717, 1.165) is 10.0 Å². The number of carbonyl (C=O) groups is 1. The van der Waals surface area contributed by atoms with Crippen LogP contribution in [0.4, 0.5) is 0 Å². The molecule has 0 aliphatic carbocycles. The smallest absolute Gasteiger partial charge is 0.224 e. The van der Waals surface area contributed by atoms with Gasteiger partial charge in [0.05, 0.1) is 31.1 Å². The van der Waals surface area contributed by atoms with Gasteiger partial charge in [0.15, 0.2) is 21.3 Å². The zero-order valence-electron chi connectivity index (χ0n) is 13.8. The molecule has 1 fully saturated rings. The maximum Gasteiger partial charge on any atom is 0.224 e. The molecule has 0 aromatic heterocycles. The van der Waals surface area contributed by atoms with Gasteiger partial charge in [-0.2, -0.15) is 0 Å². The van der Waals surface area contributed by atoms with E-state index in [4.69, 9.17) is 9.47 Å². The lowest BCUT2D eigenvalue weighted by atomic mass is 10.1. The van der Waals surface area contributed by atoms with Gasteiger partial charge in [-0.25, -0.2) is 8.42 Å². The summed E-state index contributed by atoms with van der Waals surface area (Å²) >= 11 is 3.45. The number of carbonyl (C=O) groups excluding carboxylic acids is 1. The molecule has 24 heavy (non-hydrogen) atoms.